The monoisotopic (exact) mass is 510 g/mol. The summed E-state index contributed by atoms with van der Waals surface area (Å²) in [5, 5.41) is 10.8. The second-order valence-electron chi connectivity index (χ2n) is 7.86. The predicted octanol–water partition coefficient (Wildman–Crippen LogP) is 3.75. The number of carbonyl (C=O) groups excluding carboxylic acids is 1. The van der Waals surface area contributed by atoms with E-state index in [1.54, 1.807) is 12.3 Å². The number of hydrogen-bond donors (Lipinski definition) is 2. The van der Waals surface area contributed by atoms with Gasteiger partial charge in [-0.2, -0.15) is 21.6 Å². The molecule has 0 saturated carbocycles. The van der Waals surface area contributed by atoms with Crippen molar-refractivity contribution in [3.8, 4) is 16.9 Å². The fourth-order valence-corrected chi connectivity index (χ4v) is 4.23. The highest BCUT2D eigenvalue weighted by Gasteiger charge is 2.47. The fraction of sp³-hybridized carbons (Fsp3) is 0.217. The first kappa shape index (κ1) is 24.6. The van der Waals surface area contributed by atoms with Crippen molar-refractivity contribution in [2.75, 3.05) is 6.61 Å². The Morgan fingerprint density at radius 3 is 2.60 bits per heavy atom. The number of benzene rings is 2. The molecule has 2 atom stereocenters. The van der Waals surface area contributed by atoms with Crippen LogP contribution in [0, 0.1) is 11.7 Å². The van der Waals surface area contributed by atoms with Crippen molar-refractivity contribution in [1.29, 1.82) is 0 Å². The minimum absolute atomic E-state index is 0.133. The second-order valence-corrected chi connectivity index (χ2v) is 9.54. The van der Waals surface area contributed by atoms with Gasteiger partial charge in [0.2, 0.25) is 0 Å². The van der Waals surface area contributed by atoms with E-state index in [0.717, 1.165) is 28.6 Å². The quantitative estimate of drug-likeness (QED) is 0.507. The smallest absolute Gasteiger partial charge is 0.493 e. The van der Waals surface area contributed by atoms with Crippen LogP contribution in [-0.4, -0.2) is 36.5 Å². The minimum Gasteiger partial charge on any atom is -0.493 e. The van der Waals surface area contributed by atoms with Crippen molar-refractivity contribution in [1.82, 2.24) is 9.71 Å². The van der Waals surface area contributed by atoms with E-state index in [2.05, 4.69) is 4.98 Å². The zero-order valence-electron chi connectivity index (χ0n) is 17.8. The van der Waals surface area contributed by atoms with E-state index in [1.165, 1.54) is 18.2 Å². The summed E-state index contributed by atoms with van der Waals surface area (Å²) in [4.78, 5) is 16.6. The molecule has 0 fully saturated rings. The van der Waals surface area contributed by atoms with E-state index < -0.39 is 38.9 Å². The molecule has 12 heteroatoms. The van der Waals surface area contributed by atoms with Gasteiger partial charge in [-0.1, -0.05) is 18.2 Å². The number of rotatable bonds is 5. The molecule has 1 aliphatic heterocycles. The van der Waals surface area contributed by atoms with Crippen LogP contribution in [0.1, 0.15) is 27.7 Å². The Balaban J connectivity index is 1.64. The summed E-state index contributed by atoms with van der Waals surface area (Å²) >= 11 is 0. The molecule has 1 unspecified atom stereocenters. The lowest BCUT2D eigenvalue weighted by molar-refractivity contribution is -0.0446. The molecule has 0 radical (unpaired) electrons. The molecule has 0 bridgehead atoms. The molecule has 35 heavy (non-hydrogen) atoms. The van der Waals surface area contributed by atoms with E-state index in [4.69, 9.17) is 4.74 Å². The molecule has 184 valence electrons. The summed E-state index contributed by atoms with van der Waals surface area (Å²) in [5.41, 5.74) is -4.98. The van der Waals surface area contributed by atoms with Crippen LogP contribution >= 0.6 is 0 Å². The fourth-order valence-electron chi connectivity index (χ4n) is 3.76. The van der Waals surface area contributed by atoms with Crippen molar-refractivity contribution in [2.24, 2.45) is 5.92 Å². The molecule has 0 saturated heterocycles. The van der Waals surface area contributed by atoms with Gasteiger partial charge in [0.05, 0.1) is 12.7 Å². The number of sulfonamides is 1. The van der Waals surface area contributed by atoms with E-state index >= 15 is 0 Å². The first-order valence-corrected chi connectivity index (χ1v) is 11.7. The van der Waals surface area contributed by atoms with Gasteiger partial charge in [-0.05, 0) is 53.9 Å². The van der Waals surface area contributed by atoms with E-state index in [0.29, 0.717) is 12.0 Å². The molecule has 2 N–H and O–H groups in total. The molecule has 1 amide bonds. The molecular formula is C23H18F4N2O5S. The van der Waals surface area contributed by atoms with Crippen molar-refractivity contribution in [3.05, 3.63) is 83.4 Å². The number of carbonyl (C=O) groups is 1. The van der Waals surface area contributed by atoms with Gasteiger partial charge in [0.25, 0.3) is 5.91 Å². The highest BCUT2D eigenvalue weighted by Crippen LogP contribution is 2.40. The lowest BCUT2D eigenvalue weighted by Gasteiger charge is -2.30. The zero-order valence-corrected chi connectivity index (χ0v) is 18.6. The van der Waals surface area contributed by atoms with E-state index in [9.17, 15) is 35.9 Å². The lowest BCUT2D eigenvalue weighted by Crippen LogP contribution is -2.40. The van der Waals surface area contributed by atoms with Gasteiger partial charge in [0.1, 0.15) is 11.6 Å². The molecule has 0 spiro atoms. The Morgan fingerprint density at radius 1 is 1.14 bits per heavy atom. The van der Waals surface area contributed by atoms with E-state index in [1.807, 2.05) is 12.1 Å². The molecule has 2 aromatic carbocycles. The van der Waals surface area contributed by atoms with Gasteiger partial charge in [-0.25, -0.2) is 9.11 Å². The average Bonchev–Trinajstić information content (AvgIpc) is 2.80. The summed E-state index contributed by atoms with van der Waals surface area (Å²) in [6.07, 6.45) is 1.17. The largest absolute Gasteiger partial charge is 0.516 e. The molecular weight excluding hydrogens is 492 g/mol. The number of aliphatic hydroxyl groups excluding tert-OH is 1. The Kier molecular flexibility index (Phi) is 6.52. The second kappa shape index (κ2) is 9.27. The number of ether oxygens (including phenoxy) is 1. The van der Waals surface area contributed by atoms with Gasteiger partial charge in [-0.3, -0.25) is 9.78 Å². The van der Waals surface area contributed by atoms with Gasteiger partial charge in [0.15, 0.2) is 0 Å². The number of halogens is 4. The molecule has 4 rings (SSSR count). The first-order valence-electron chi connectivity index (χ1n) is 10.2. The number of alkyl halides is 3. The number of nitrogens with one attached hydrogen (secondary N) is 1. The van der Waals surface area contributed by atoms with Crippen LogP contribution in [0.3, 0.4) is 0 Å². The molecule has 7 nitrogen and oxygen atoms in total. The molecule has 0 aliphatic carbocycles. The van der Waals surface area contributed by atoms with Crippen molar-refractivity contribution < 1.29 is 40.6 Å². The topological polar surface area (TPSA) is 106 Å². The van der Waals surface area contributed by atoms with Gasteiger partial charge < -0.3 is 9.84 Å². The Hall–Kier alpha value is -3.51. The molecule has 1 aliphatic rings. The van der Waals surface area contributed by atoms with E-state index in [-0.39, 0.29) is 29.4 Å². The van der Waals surface area contributed by atoms with Crippen LogP contribution < -0.4 is 9.46 Å². The minimum atomic E-state index is -5.96. The average molecular weight is 510 g/mol. The standard InChI is InChI=1S/C23H18F4N2O5S/c24-15-5-7-17(22(31)29-35(32,33)23(25,26)27)19(11-15)13-4-6-18-20(10-13)34-12-14(21(18)30)9-16-3-1-2-8-28-16/h1-8,10-11,14,21,30H,9,12H2,(H,29,31)/t14?,21-/m0/s1. The third kappa shape index (κ3) is 5.13. The maximum absolute atomic E-state index is 14.0. The van der Waals surface area contributed by atoms with Crippen molar-refractivity contribution in [2.45, 2.75) is 18.0 Å². The number of nitrogens with zero attached hydrogens (tertiary/aromatic N) is 1. The summed E-state index contributed by atoms with van der Waals surface area (Å²) in [6, 6.07) is 12.3. The maximum Gasteiger partial charge on any atom is 0.516 e. The molecule has 3 aromatic rings. The van der Waals surface area contributed by atoms with Crippen LogP contribution in [0.2, 0.25) is 0 Å². The SMILES string of the molecule is O=C(NS(=O)(=O)C(F)(F)F)c1ccc(F)cc1-c1ccc2c(c1)OCC(Cc1ccccn1)[C@@H]2O. The summed E-state index contributed by atoms with van der Waals surface area (Å²) < 4.78 is 81.5. The number of amides is 1. The number of fused-ring (bicyclic) bond motifs is 1. The molecule has 1 aromatic heterocycles. The number of hydrogen-bond acceptors (Lipinski definition) is 6. The summed E-state index contributed by atoms with van der Waals surface area (Å²) in [6.45, 7) is 0.133. The van der Waals surface area contributed by atoms with Crippen LogP contribution in [0.25, 0.3) is 11.1 Å². The van der Waals surface area contributed by atoms with Crippen LogP contribution in [0.15, 0.2) is 60.8 Å². The number of pyridine rings is 1. The van der Waals surface area contributed by atoms with Crippen LogP contribution in [0.4, 0.5) is 17.6 Å². The highest BCUT2D eigenvalue weighted by atomic mass is 32.2. The Bertz CT molecular complexity index is 1360. The lowest BCUT2D eigenvalue weighted by atomic mass is 9.88. The zero-order chi connectivity index (χ0) is 25.4. The first-order chi connectivity index (χ1) is 16.5. The third-order valence-electron chi connectivity index (χ3n) is 5.50. The molecule has 2 heterocycles. The normalized spacial score (nSPS) is 17.9. The van der Waals surface area contributed by atoms with Crippen molar-refractivity contribution >= 4 is 15.9 Å². The van der Waals surface area contributed by atoms with Crippen LogP contribution in [-0.2, 0) is 16.4 Å². The Morgan fingerprint density at radius 2 is 1.91 bits per heavy atom. The van der Waals surface area contributed by atoms with Gasteiger partial charge in [0, 0.05) is 28.9 Å². The summed E-state index contributed by atoms with van der Waals surface area (Å²) in [5.74, 6) is -2.44. The van der Waals surface area contributed by atoms with Gasteiger partial charge in [-0.15, -0.1) is 0 Å². The predicted molar refractivity (Wildman–Crippen MR) is 116 cm³/mol. The third-order valence-corrected chi connectivity index (χ3v) is 6.56. The number of aromatic nitrogens is 1. The highest BCUT2D eigenvalue weighted by molar-refractivity contribution is 7.90. The van der Waals surface area contributed by atoms with Crippen molar-refractivity contribution in [3.63, 3.8) is 0 Å². The Labute approximate surface area is 197 Å². The maximum atomic E-state index is 14.0. The van der Waals surface area contributed by atoms with Crippen LogP contribution in [0.5, 0.6) is 5.75 Å². The number of aliphatic hydroxyl groups is 1. The van der Waals surface area contributed by atoms with Gasteiger partial charge >= 0.3 is 15.5 Å². The summed E-state index contributed by atoms with van der Waals surface area (Å²) in [7, 11) is -5.96.